The minimum atomic E-state index is -0.132. The van der Waals surface area contributed by atoms with Gasteiger partial charge in [-0.1, -0.05) is 18.5 Å². The molecule has 0 aromatic carbocycles. The highest BCUT2D eigenvalue weighted by atomic mass is 35.5. The number of amides is 1. The van der Waals surface area contributed by atoms with Crippen LogP contribution in [0.25, 0.3) is 0 Å². The van der Waals surface area contributed by atoms with Crippen molar-refractivity contribution in [1.29, 1.82) is 0 Å². The second-order valence-corrected chi connectivity index (χ2v) is 5.62. The number of anilines is 1. The van der Waals surface area contributed by atoms with E-state index in [9.17, 15) is 4.79 Å². The first-order chi connectivity index (χ1) is 10.1. The average Bonchev–Trinajstić information content (AvgIpc) is 2.53. The van der Waals surface area contributed by atoms with Gasteiger partial charge in [0, 0.05) is 32.8 Å². The Labute approximate surface area is 130 Å². The highest BCUT2D eigenvalue weighted by molar-refractivity contribution is 6.33. The van der Waals surface area contributed by atoms with Crippen LogP contribution in [0.3, 0.4) is 0 Å². The van der Waals surface area contributed by atoms with Crippen LogP contribution >= 0.6 is 11.6 Å². The maximum absolute atomic E-state index is 12.6. The fourth-order valence-electron chi connectivity index (χ4n) is 2.35. The Bertz CT molecular complexity index is 490. The molecule has 1 aliphatic rings. The highest BCUT2D eigenvalue weighted by Gasteiger charge is 2.25. The standard InChI is InChI=1S/C15H22ClN3O2/c1-3-8-17-13-5-4-12(16)14(18-13)15(20)19(2)11-6-9-21-10-7-11/h4-5,11H,3,6-10H2,1-2H3,(H,17,18). The number of nitrogens with zero attached hydrogens (tertiary/aromatic N) is 2. The summed E-state index contributed by atoms with van der Waals surface area (Å²) in [7, 11) is 1.81. The molecule has 21 heavy (non-hydrogen) atoms. The van der Waals surface area contributed by atoms with Crippen molar-refractivity contribution >= 4 is 23.3 Å². The van der Waals surface area contributed by atoms with Crippen molar-refractivity contribution < 1.29 is 9.53 Å². The Hall–Kier alpha value is -1.33. The molecule has 5 nitrogen and oxygen atoms in total. The molecule has 0 atom stereocenters. The number of carbonyl (C=O) groups excluding carboxylic acids is 1. The molecule has 1 saturated heterocycles. The smallest absolute Gasteiger partial charge is 0.274 e. The van der Waals surface area contributed by atoms with Gasteiger partial charge in [0.25, 0.3) is 5.91 Å². The van der Waals surface area contributed by atoms with Crippen LogP contribution in [0, 0.1) is 0 Å². The van der Waals surface area contributed by atoms with Crippen LogP contribution in [0.5, 0.6) is 0 Å². The van der Waals surface area contributed by atoms with Gasteiger partial charge in [-0.3, -0.25) is 4.79 Å². The van der Waals surface area contributed by atoms with Crippen molar-refractivity contribution in [2.24, 2.45) is 0 Å². The zero-order chi connectivity index (χ0) is 15.2. The zero-order valence-corrected chi connectivity index (χ0v) is 13.3. The van der Waals surface area contributed by atoms with E-state index in [1.807, 2.05) is 7.05 Å². The molecule has 0 spiro atoms. The van der Waals surface area contributed by atoms with Crippen LogP contribution in [0.2, 0.25) is 5.02 Å². The number of hydrogen-bond acceptors (Lipinski definition) is 4. The van der Waals surface area contributed by atoms with Crippen LogP contribution in [-0.2, 0) is 4.74 Å². The Kier molecular flexibility index (Phi) is 5.82. The number of aromatic nitrogens is 1. The van der Waals surface area contributed by atoms with E-state index in [0.717, 1.165) is 25.8 Å². The largest absolute Gasteiger partial charge is 0.381 e. The SMILES string of the molecule is CCCNc1ccc(Cl)c(C(=O)N(C)C2CCOCC2)n1. The molecule has 6 heteroatoms. The van der Waals surface area contributed by atoms with Crippen molar-refractivity contribution in [3.05, 3.63) is 22.8 Å². The summed E-state index contributed by atoms with van der Waals surface area (Å²) >= 11 is 6.15. The van der Waals surface area contributed by atoms with Gasteiger partial charge >= 0.3 is 0 Å². The van der Waals surface area contributed by atoms with E-state index in [1.54, 1.807) is 17.0 Å². The lowest BCUT2D eigenvalue weighted by Crippen LogP contribution is -2.41. The molecule has 116 valence electrons. The molecule has 2 heterocycles. The second kappa shape index (κ2) is 7.61. The van der Waals surface area contributed by atoms with Gasteiger partial charge in [0.05, 0.1) is 5.02 Å². The van der Waals surface area contributed by atoms with Crippen molar-refractivity contribution in [1.82, 2.24) is 9.88 Å². The summed E-state index contributed by atoms with van der Waals surface area (Å²) in [5.74, 6) is 0.553. The molecule has 0 aliphatic carbocycles. The lowest BCUT2D eigenvalue weighted by molar-refractivity contribution is 0.0359. The molecular weight excluding hydrogens is 290 g/mol. The summed E-state index contributed by atoms with van der Waals surface area (Å²) < 4.78 is 5.33. The summed E-state index contributed by atoms with van der Waals surface area (Å²) in [5.41, 5.74) is 0.312. The van der Waals surface area contributed by atoms with Gasteiger partial charge in [0.15, 0.2) is 0 Å². The predicted octanol–water partition coefficient (Wildman–Crippen LogP) is 2.81. The van der Waals surface area contributed by atoms with Crippen molar-refractivity contribution in [2.45, 2.75) is 32.2 Å². The average molecular weight is 312 g/mol. The molecule has 1 fully saturated rings. The summed E-state index contributed by atoms with van der Waals surface area (Å²) in [6.07, 6.45) is 2.71. The number of carbonyl (C=O) groups is 1. The van der Waals surface area contributed by atoms with Gasteiger partial charge in [-0.25, -0.2) is 4.98 Å². The minimum absolute atomic E-state index is 0.132. The van der Waals surface area contributed by atoms with E-state index in [2.05, 4.69) is 17.2 Å². The van der Waals surface area contributed by atoms with Gasteiger partial charge in [0.1, 0.15) is 11.5 Å². The topological polar surface area (TPSA) is 54.5 Å². The predicted molar refractivity (Wildman–Crippen MR) is 84.0 cm³/mol. The lowest BCUT2D eigenvalue weighted by atomic mass is 10.1. The first-order valence-corrected chi connectivity index (χ1v) is 7.76. The summed E-state index contributed by atoms with van der Waals surface area (Å²) in [6, 6.07) is 3.71. The molecule has 0 saturated carbocycles. The Balaban J connectivity index is 2.13. The first-order valence-electron chi connectivity index (χ1n) is 7.38. The number of rotatable bonds is 5. The molecule has 1 aromatic heterocycles. The third-order valence-electron chi connectivity index (χ3n) is 3.66. The number of nitrogens with one attached hydrogen (secondary N) is 1. The first kappa shape index (κ1) is 16.0. The number of pyridine rings is 1. The van der Waals surface area contributed by atoms with Crippen LogP contribution in [-0.4, -0.2) is 48.6 Å². The van der Waals surface area contributed by atoms with E-state index < -0.39 is 0 Å². The van der Waals surface area contributed by atoms with E-state index in [-0.39, 0.29) is 11.9 Å². The molecular formula is C15H22ClN3O2. The summed E-state index contributed by atoms with van der Waals surface area (Å²) in [6.45, 7) is 4.29. The van der Waals surface area contributed by atoms with Crippen LogP contribution in [0.4, 0.5) is 5.82 Å². The van der Waals surface area contributed by atoms with E-state index in [4.69, 9.17) is 16.3 Å². The van der Waals surface area contributed by atoms with Crippen molar-refractivity contribution in [3.63, 3.8) is 0 Å². The summed E-state index contributed by atoms with van der Waals surface area (Å²) in [4.78, 5) is 18.7. The number of hydrogen-bond donors (Lipinski definition) is 1. The maximum atomic E-state index is 12.6. The molecule has 1 aliphatic heterocycles. The Morgan fingerprint density at radius 1 is 1.48 bits per heavy atom. The number of halogens is 1. The van der Waals surface area contributed by atoms with Gasteiger partial charge in [-0.15, -0.1) is 0 Å². The minimum Gasteiger partial charge on any atom is -0.381 e. The molecule has 0 radical (unpaired) electrons. The molecule has 2 rings (SSSR count). The maximum Gasteiger partial charge on any atom is 0.274 e. The van der Waals surface area contributed by atoms with Gasteiger partial charge in [-0.05, 0) is 31.4 Å². The normalized spacial score (nSPS) is 15.8. The highest BCUT2D eigenvalue weighted by Crippen LogP contribution is 2.21. The Morgan fingerprint density at radius 3 is 2.86 bits per heavy atom. The van der Waals surface area contributed by atoms with Crippen LogP contribution < -0.4 is 5.32 Å². The lowest BCUT2D eigenvalue weighted by Gasteiger charge is -2.31. The fraction of sp³-hybridized carbons (Fsp3) is 0.600. The Morgan fingerprint density at radius 2 is 2.19 bits per heavy atom. The zero-order valence-electron chi connectivity index (χ0n) is 12.6. The number of ether oxygens (including phenoxy) is 1. The monoisotopic (exact) mass is 311 g/mol. The third-order valence-corrected chi connectivity index (χ3v) is 3.97. The van der Waals surface area contributed by atoms with Crippen molar-refractivity contribution in [2.75, 3.05) is 32.1 Å². The van der Waals surface area contributed by atoms with Gasteiger partial charge < -0.3 is 15.0 Å². The van der Waals surface area contributed by atoms with E-state index in [1.165, 1.54) is 0 Å². The molecule has 0 unspecified atom stereocenters. The molecule has 1 N–H and O–H groups in total. The van der Waals surface area contributed by atoms with Gasteiger partial charge in [0.2, 0.25) is 0 Å². The molecule has 1 amide bonds. The van der Waals surface area contributed by atoms with E-state index in [0.29, 0.717) is 29.7 Å². The molecule has 1 aromatic rings. The summed E-state index contributed by atoms with van der Waals surface area (Å²) in [5, 5.41) is 3.56. The fourth-order valence-corrected chi connectivity index (χ4v) is 2.54. The van der Waals surface area contributed by atoms with Crippen molar-refractivity contribution in [3.8, 4) is 0 Å². The van der Waals surface area contributed by atoms with Crippen LogP contribution in [0.15, 0.2) is 12.1 Å². The van der Waals surface area contributed by atoms with Gasteiger partial charge in [-0.2, -0.15) is 0 Å². The van der Waals surface area contributed by atoms with Crippen LogP contribution in [0.1, 0.15) is 36.7 Å². The second-order valence-electron chi connectivity index (χ2n) is 5.21. The molecule has 0 bridgehead atoms. The quantitative estimate of drug-likeness (QED) is 0.908. The third kappa shape index (κ3) is 4.08. The van der Waals surface area contributed by atoms with E-state index >= 15 is 0 Å².